The van der Waals surface area contributed by atoms with Crippen LogP contribution in [0.2, 0.25) is 0 Å². The molecule has 104 valence electrons. The van der Waals surface area contributed by atoms with E-state index in [1.165, 1.54) is 4.90 Å². The lowest BCUT2D eigenvalue weighted by Gasteiger charge is -2.32. The Kier molecular flexibility index (Phi) is 4.20. The number of carbonyl (C=O) groups excluding carboxylic acids is 1. The first-order valence-corrected chi connectivity index (χ1v) is 6.42. The van der Waals surface area contributed by atoms with E-state index in [9.17, 15) is 9.59 Å². The maximum absolute atomic E-state index is 12.2. The van der Waals surface area contributed by atoms with Crippen molar-refractivity contribution in [2.75, 3.05) is 11.9 Å². The van der Waals surface area contributed by atoms with Crippen LogP contribution in [-0.2, 0) is 4.79 Å². The molecular formula is C14H15N3O3. The second-order valence-electron chi connectivity index (χ2n) is 4.67. The number of aliphatic carboxylic acids is 1. The summed E-state index contributed by atoms with van der Waals surface area (Å²) in [5.74, 6) is -0.981. The molecule has 0 spiro atoms. The average molecular weight is 273 g/mol. The van der Waals surface area contributed by atoms with Gasteiger partial charge in [-0.3, -0.25) is 0 Å². The minimum absolute atomic E-state index is 0.431. The molecule has 1 unspecified atom stereocenters. The molecule has 1 aliphatic rings. The summed E-state index contributed by atoms with van der Waals surface area (Å²) in [5.41, 5.74) is 0.931. The van der Waals surface area contributed by atoms with Gasteiger partial charge in [-0.1, -0.05) is 6.07 Å². The predicted molar refractivity (Wildman–Crippen MR) is 72.2 cm³/mol. The molecule has 6 heteroatoms. The molecule has 1 fully saturated rings. The number of nitrogens with one attached hydrogen (secondary N) is 1. The number of urea groups is 1. The van der Waals surface area contributed by atoms with Crippen LogP contribution in [0.1, 0.15) is 24.8 Å². The van der Waals surface area contributed by atoms with Crippen molar-refractivity contribution in [1.82, 2.24) is 4.90 Å². The maximum Gasteiger partial charge on any atom is 0.326 e. The SMILES string of the molecule is N#Cc1cccc(NC(=O)N2CCCCC2C(=O)O)c1. The van der Waals surface area contributed by atoms with Gasteiger partial charge >= 0.3 is 12.0 Å². The van der Waals surface area contributed by atoms with Crippen LogP contribution in [0.15, 0.2) is 24.3 Å². The fraction of sp³-hybridized carbons (Fsp3) is 0.357. The number of piperidine rings is 1. The third kappa shape index (κ3) is 3.06. The molecule has 0 aromatic heterocycles. The summed E-state index contributed by atoms with van der Waals surface area (Å²) in [4.78, 5) is 24.6. The summed E-state index contributed by atoms with van der Waals surface area (Å²) >= 11 is 0. The Morgan fingerprint density at radius 3 is 2.90 bits per heavy atom. The van der Waals surface area contributed by atoms with Gasteiger partial charge in [0.15, 0.2) is 0 Å². The van der Waals surface area contributed by atoms with Gasteiger partial charge in [0, 0.05) is 12.2 Å². The molecule has 0 radical (unpaired) electrons. The highest BCUT2D eigenvalue weighted by Gasteiger charge is 2.31. The number of likely N-dealkylation sites (tertiary alicyclic amines) is 1. The van der Waals surface area contributed by atoms with Gasteiger partial charge in [-0.15, -0.1) is 0 Å². The predicted octanol–water partition coefficient (Wildman–Crippen LogP) is 2.03. The van der Waals surface area contributed by atoms with Crippen LogP contribution in [-0.4, -0.2) is 34.6 Å². The van der Waals surface area contributed by atoms with Gasteiger partial charge in [-0.25, -0.2) is 9.59 Å². The number of nitriles is 1. The van der Waals surface area contributed by atoms with Crippen LogP contribution >= 0.6 is 0 Å². The second-order valence-corrected chi connectivity index (χ2v) is 4.67. The first-order chi connectivity index (χ1) is 9.61. The zero-order valence-electron chi connectivity index (χ0n) is 10.9. The molecule has 1 saturated heterocycles. The number of carboxylic acid groups (broad SMARTS) is 1. The highest BCUT2D eigenvalue weighted by atomic mass is 16.4. The fourth-order valence-corrected chi connectivity index (χ4v) is 2.29. The number of nitrogens with zero attached hydrogens (tertiary/aromatic N) is 2. The molecule has 2 rings (SSSR count). The van der Waals surface area contributed by atoms with E-state index >= 15 is 0 Å². The van der Waals surface area contributed by atoms with E-state index in [0.29, 0.717) is 24.2 Å². The highest BCUT2D eigenvalue weighted by molar-refractivity contribution is 5.92. The lowest BCUT2D eigenvalue weighted by molar-refractivity contribution is -0.143. The number of amides is 2. The summed E-state index contributed by atoms with van der Waals surface area (Å²) in [5, 5.41) is 20.6. The Morgan fingerprint density at radius 1 is 1.40 bits per heavy atom. The Balaban J connectivity index is 2.10. The van der Waals surface area contributed by atoms with E-state index in [0.717, 1.165) is 12.8 Å². The smallest absolute Gasteiger partial charge is 0.326 e. The summed E-state index contributed by atoms with van der Waals surface area (Å²) in [6.45, 7) is 0.431. The molecule has 1 heterocycles. The number of carbonyl (C=O) groups is 2. The molecule has 6 nitrogen and oxygen atoms in total. The Morgan fingerprint density at radius 2 is 2.20 bits per heavy atom. The lowest BCUT2D eigenvalue weighted by Crippen LogP contribution is -2.49. The van der Waals surface area contributed by atoms with Gasteiger partial charge in [0.05, 0.1) is 11.6 Å². The molecule has 0 bridgehead atoms. The van der Waals surface area contributed by atoms with Crippen molar-refractivity contribution in [2.24, 2.45) is 0 Å². The van der Waals surface area contributed by atoms with Gasteiger partial charge < -0.3 is 15.3 Å². The van der Waals surface area contributed by atoms with E-state index in [1.54, 1.807) is 24.3 Å². The van der Waals surface area contributed by atoms with Crippen LogP contribution in [0.3, 0.4) is 0 Å². The van der Waals surface area contributed by atoms with Crippen molar-refractivity contribution in [3.8, 4) is 6.07 Å². The molecule has 1 aromatic rings. The minimum atomic E-state index is -0.981. The number of anilines is 1. The van der Waals surface area contributed by atoms with Crippen molar-refractivity contribution < 1.29 is 14.7 Å². The third-order valence-corrected chi connectivity index (χ3v) is 3.29. The molecular weight excluding hydrogens is 258 g/mol. The topological polar surface area (TPSA) is 93.4 Å². The van der Waals surface area contributed by atoms with Gasteiger partial charge in [0.25, 0.3) is 0 Å². The first kappa shape index (κ1) is 13.9. The molecule has 2 N–H and O–H groups in total. The van der Waals surface area contributed by atoms with Gasteiger partial charge in [0.1, 0.15) is 6.04 Å². The van der Waals surface area contributed by atoms with Crippen molar-refractivity contribution in [3.05, 3.63) is 29.8 Å². The molecule has 1 aromatic carbocycles. The first-order valence-electron chi connectivity index (χ1n) is 6.42. The third-order valence-electron chi connectivity index (χ3n) is 3.29. The van der Waals surface area contributed by atoms with Gasteiger partial charge in [0.2, 0.25) is 0 Å². The maximum atomic E-state index is 12.2. The van der Waals surface area contributed by atoms with Gasteiger partial charge in [-0.2, -0.15) is 5.26 Å². The summed E-state index contributed by atoms with van der Waals surface area (Å²) in [6, 6.07) is 7.29. The monoisotopic (exact) mass is 273 g/mol. The van der Waals surface area contributed by atoms with Crippen molar-refractivity contribution in [3.63, 3.8) is 0 Å². The van der Waals surface area contributed by atoms with E-state index in [4.69, 9.17) is 10.4 Å². The minimum Gasteiger partial charge on any atom is -0.480 e. The number of benzene rings is 1. The van der Waals surface area contributed by atoms with Crippen LogP contribution in [0.4, 0.5) is 10.5 Å². The normalized spacial score (nSPS) is 18.1. The van der Waals surface area contributed by atoms with Crippen molar-refractivity contribution in [1.29, 1.82) is 5.26 Å². The highest BCUT2D eigenvalue weighted by Crippen LogP contribution is 2.19. The zero-order chi connectivity index (χ0) is 14.5. The molecule has 0 saturated carbocycles. The van der Waals surface area contributed by atoms with Crippen LogP contribution in [0.5, 0.6) is 0 Å². The molecule has 20 heavy (non-hydrogen) atoms. The Bertz CT molecular complexity index is 565. The van der Waals surface area contributed by atoms with Gasteiger partial charge in [-0.05, 0) is 37.5 Å². The van der Waals surface area contributed by atoms with Crippen molar-refractivity contribution >= 4 is 17.7 Å². The number of hydrogen-bond acceptors (Lipinski definition) is 3. The number of rotatable bonds is 2. The largest absolute Gasteiger partial charge is 0.480 e. The second kappa shape index (κ2) is 6.06. The van der Waals surface area contributed by atoms with Crippen LogP contribution in [0, 0.1) is 11.3 Å². The van der Waals surface area contributed by atoms with E-state index in [1.807, 2.05) is 6.07 Å². The van der Waals surface area contributed by atoms with E-state index in [2.05, 4.69) is 5.32 Å². The molecule has 1 atom stereocenters. The van der Waals surface area contributed by atoms with E-state index in [-0.39, 0.29) is 0 Å². The number of hydrogen-bond donors (Lipinski definition) is 2. The molecule has 2 amide bonds. The Labute approximate surface area is 116 Å². The standard InChI is InChI=1S/C14H15N3O3/c15-9-10-4-3-5-11(8-10)16-14(20)17-7-2-1-6-12(17)13(18)19/h3-5,8,12H,1-2,6-7H2,(H,16,20)(H,18,19). The lowest BCUT2D eigenvalue weighted by atomic mass is 10.0. The summed E-state index contributed by atoms with van der Waals surface area (Å²) in [6.07, 6.45) is 2.08. The van der Waals surface area contributed by atoms with Crippen molar-refractivity contribution in [2.45, 2.75) is 25.3 Å². The van der Waals surface area contributed by atoms with Crippen LogP contribution < -0.4 is 5.32 Å². The number of carboxylic acids is 1. The summed E-state index contributed by atoms with van der Waals surface area (Å²) < 4.78 is 0. The zero-order valence-corrected chi connectivity index (χ0v) is 10.9. The average Bonchev–Trinajstić information content (AvgIpc) is 2.47. The molecule has 0 aliphatic carbocycles. The quantitative estimate of drug-likeness (QED) is 0.862. The fourth-order valence-electron chi connectivity index (χ4n) is 2.29. The van der Waals surface area contributed by atoms with E-state index < -0.39 is 18.0 Å². The Hall–Kier alpha value is -2.55. The molecule has 1 aliphatic heterocycles. The van der Waals surface area contributed by atoms with Crippen LogP contribution in [0.25, 0.3) is 0 Å². The summed E-state index contributed by atoms with van der Waals surface area (Å²) in [7, 11) is 0.